The third-order valence-corrected chi connectivity index (χ3v) is 5.20. The van der Waals surface area contributed by atoms with Gasteiger partial charge < -0.3 is 4.57 Å². The van der Waals surface area contributed by atoms with Crippen molar-refractivity contribution in [2.45, 2.75) is 20.4 Å². The van der Waals surface area contributed by atoms with Gasteiger partial charge in [0, 0.05) is 29.4 Å². The Kier molecular flexibility index (Phi) is 3.97. The second kappa shape index (κ2) is 5.71. The molecular formula is C15H15ClN4O3S. The Balaban J connectivity index is 2.19. The maximum atomic E-state index is 12.6. The van der Waals surface area contributed by atoms with Gasteiger partial charge in [-0.05, 0) is 31.5 Å². The van der Waals surface area contributed by atoms with E-state index in [9.17, 15) is 14.4 Å². The zero-order chi connectivity index (χ0) is 17.8. The molecule has 0 aromatic carbocycles. The predicted octanol–water partition coefficient (Wildman–Crippen LogP) is 1.65. The van der Waals surface area contributed by atoms with Gasteiger partial charge in [-0.25, -0.2) is 4.79 Å². The van der Waals surface area contributed by atoms with Crippen molar-refractivity contribution in [2.75, 3.05) is 0 Å². The maximum absolute atomic E-state index is 12.6. The van der Waals surface area contributed by atoms with Gasteiger partial charge in [-0.2, -0.15) is 4.98 Å². The van der Waals surface area contributed by atoms with E-state index in [1.807, 2.05) is 19.9 Å². The monoisotopic (exact) mass is 366 g/mol. The first-order valence-electron chi connectivity index (χ1n) is 7.14. The van der Waals surface area contributed by atoms with E-state index < -0.39 is 11.2 Å². The molecule has 3 aromatic rings. The molecule has 9 heteroatoms. The Morgan fingerprint density at radius 2 is 1.92 bits per heavy atom. The predicted molar refractivity (Wildman–Crippen MR) is 93.3 cm³/mol. The number of ketones is 1. The molecule has 3 rings (SSSR count). The number of fused-ring (bicyclic) bond motifs is 1. The quantitative estimate of drug-likeness (QED) is 0.521. The number of aryl methyl sites for hydroxylation is 3. The van der Waals surface area contributed by atoms with Crippen LogP contribution in [0.25, 0.3) is 11.2 Å². The molecule has 126 valence electrons. The summed E-state index contributed by atoms with van der Waals surface area (Å²) in [6, 6.07) is 1.82. The van der Waals surface area contributed by atoms with Crippen molar-refractivity contribution in [3.05, 3.63) is 47.5 Å². The highest BCUT2D eigenvalue weighted by Crippen LogP contribution is 2.23. The summed E-state index contributed by atoms with van der Waals surface area (Å²) < 4.78 is 3.57. The van der Waals surface area contributed by atoms with Gasteiger partial charge in [-0.3, -0.25) is 18.7 Å². The minimum atomic E-state index is -0.529. The molecule has 0 radical (unpaired) electrons. The number of imidazole rings is 1. The summed E-state index contributed by atoms with van der Waals surface area (Å²) in [4.78, 5) is 43.1. The van der Waals surface area contributed by atoms with E-state index in [0.29, 0.717) is 5.56 Å². The van der Waals surface area contributed by atoms with Crippen molar-refractivity contribution >= 4 is 39.9 Å². The van der Waals surface area contributed by atoms with Crippen LogP contribution in [0, 0.1) is 13.8 Å². The number of Topliss-reactive ketones (excluding diaryl/α,β-unsaturated/α-hetero) is 1. The summed E-state index contributed by atoms with van der Waals surface area (Å²) in [5.41, 5.74) is -0.110. The minimum Gasteiger partial charge on any atom is -0.301 e. The Morgan fingerprint density at radius 3 is 2.50 bits per heavy atom. The van der Waals surface area contributed by atoms with Crippen LogP contribution < -0.4 is 11.2 Å². The van der Waals surface area contributed by atoms with Crippen LogP contribution in [0.4, 0.5) is 0 Å². The summed E-state index contributed by atoms with van der Waals surface area (Å²) in [5.74, 6) is -0.158. The Labute approximate surface area is 145 Å². The molecule has 7 nitrogen and oxygen atoms in total. The normalized spacial score (nSPS) is 11.4. The van der Waals surface area contributed by atoms with E-state index in [-0.39, 0.29) is 28.8 Å². The maximum Gasteiger partial charge on any atom is 0.332 e. The molecule has 0 saturated heterocycles. The highest BCUT2D eigenvalue weighted by Gasteiger charge is 2.21. The summed E-state index contributed by atoms with van der Waals surface area (Å²) >= 11 is 7.67. The van der Waals surface area contributed by atoms with Crippen LogP contribution in [0.1, 0.15) is 20.1 Å². The molecule has 0 atom stereocenters. The zero-order valence-corrected chi connectivity index (χ0v) is 15.2. The lowest BCUT2D eigenvalue weighted by molar-refractivity contribution is 0.0973. The van der Waals surface area contributed by atoms with E-state index >= 15 is 0 Å². The van der Waals surface area contributed by atoms with E-state index in [0.717, 1.165) is 14.3 Å². The van der Waals surface area contributed by atoms with E-state index in [4.69, 9.17) is 11.6 Å². The van der Waals surface area contributed by atoms with Crippen molar-refractivity contribution in [2.24, 2.45) is 14.1 Å². The molecule has 3 heterocycles. The van der Waals surface area contributed by atoms with Crippen molar-refractivity contribution in [3.8, 4) is 0 Å². The van der Waals surface area contributed by atoms with Crippen molar-refractivity contribution in [3.63, 3.8) is 0 Å². The molecule has 0 aliphatic rings. The van der Waals surface area contributed by atoms with Crippen LogP contribution >= 0.6 is 22.9 Å². The lowest BCUT2D eigenvalue weighted by Gasteiger charge is -2.06. The van der Waals surface area contributed by atoms with Gasteiger partial charge in [0.25, 0.3) is 5.56 Å². The summed E-state index contributed by atoms with van der Waals surface area (Å²) in [5, 5.41) is 0.00116. The van der Waals surface area contributed by atoms with Crippen molar-refractivity contribution < 1.29 is 4.79 Å². The average molecular weight is 367 g/mol. The van der Waals surface area contributed by atoms with E-state index in [1.54, 1.807) is 0 Å². The fraction of sp³-hybridized carbons (Fsp3) is 0.333. The van der Waals surface area contributed by atoms with Gasteiger partial charge in [0.15, 0.2) is 16.9 Å². The number of hydrogen-bond acceptors (Lipinski definition) is 5. The van der Waals surface area contributed by atoms with Gasteiger partial charge in [0.05, 0.1) is 6.54 Å². The Hall–Kier alpha value is -2.19. The van der Waals surface area contributed by atoms with Gasteiger partial charge in [0.2, 0.25) is 5.28 Å². The van der Waals surface area contributed by atoms with Gasteiger partial charge in [-0.15, -0.1) is 11.3 Å². The number of nitrogens with zero attached hydrogens (tertiary/aromatic N) is 4. The second-order valence-corrected chi connectivity index (χ2v) is 7.39. The Bertz CT molecular complexity index is 1100. The molecule has 0 spiro atoms. The van der Waals surface area contributed by atoms with Gasteiger partial charge in [-0.1, -0.05) is 0 Å². The Morgan fingerprint density at radius 1 is 1.25 bits per heavy atom. The lowest BCUT2D eigenvalue weighted by Crippen LogP contribution is -2.37. The molecule has 0 aliphatic heterocycles. The van der Waals surface area contributed by atoms with Gasteiger partial charge >= 0.3 is 5.69 Å². The largest absolute Gasteiger partial charge is 0.332 e. The topological polar surface area (TPSA) is 78.9 Å². The molecule has 0 saturated carbocycles. The van der Waals surface area contributed by atoms with Crippen molar-refractivity contribution in [1.82, 2.24) is 18.7 Å². The molecule has 24 heavy (non-hydrogen) atoms. The molecule has 0 amide bonds. The lowest BCUT2D eigenvalue weighted by atomic mass is 10.1. The fourth-order valence-corrected chi connectivity index (χ4v) is 3.87. The summed E-state index contributed by atoms with van der Waals surface area (Å²) in [6.07, 6.45) is 0. The van der Waals surface area contributed by atoms with E-state index in [1.165, 1.54) is 34.6 Å². The highest BCUT2D eigenvalue weighted by molar-refractivity contribution is 7.12. The second-order valence-electron chi connectivity index (χ2n) is 5.60. The number of halogens is 1. The fourth-order valence-electron chi connectivity index (χ4n) is 2.70. The highest BCUT2D eigenvalue weighted by atomic mass is 35.5. The number of carbonyl (C=O) groups is 1. The van der Waals surface area contributed by atoms with Crippen LogP contribution in [0.3, 0.4) is 0 Å². The minimum absolute atomic E-state index is 0.00116. The SMILES string of the molecule is Cc1cc(C(=O)Cn2c(Cl)nc3c2c(=O)n(C)c(=O)n3C)c(C)s1. The smallest absolute Gasteiger partial charge is 0.301 e. The van der Waals surface area contributed by atoms with E-state index in [2.05, 4.69) is 4.98 Å². The number of hydrogen-bond donors (Lipinski definition) is 0. The van der Waals surface area contributed by atoms with Crippen LogP contribution in [0.2, 0.25) is 5.28 Å². The average Bonchev–Trinajstić information content (AvgIpc) is 3.03. The number of thiophene rings is 1. The van der Waals surface area contributed by atoms with Crippen LogP contribution in [-0.4, -0.2) is 24.5 Å². The third-order valence-electron chi connectivity index (χ3n) is 3.94. The van der Waals surface area contributed by atoms with Crippen LogP contribution in [-0.2, 0) is 20.6 Å². The summed E-state index contributed by atoms with van der Waals surface area (Å²) in [6.45, 7) is 3.70. The molecule has 0 bridgehead atoms. The molecule has 3 aromatic heterocycles. The number of aromatic nitrogens is 4. The van der Waals surface area contributed by atoms with Crippen LogP contribution in [0.15, 0.2) is 15.7 Å². The first kappa shape index (κ1) is 16.7. The third kappa shape index (κ3) is 2.42. The zero-order valence-electron chi connectivity index (χ0n) is 13.6. The first-order valence-corrected chi connectivity index (χ1v) is 8.33. The summed E-state index contributed by atoms with van der Waals surface area (Å²) in [7, 11) is 2.88. The number of carbonyl (C=O) groups excluding carboxylic acids is 1. The number of rotatable bonds is 3. The molecule has 0 N–H and O–H groups in total. The molecule has 0 fully saturated rings. The molecule has 0 aliphatic carbocycles. The molecular weight excluding hydrogens is 352 g/mol. The first-order chi connectivity index (χ1) is 11.2. The standard InChI is InChI=1S/C15H15ClN4O3S/c1-7-5-9(8(2)24-7)10(21)6-20-11-12(17-14(20)16)18(3)15(23)19(4)13(11)22/h5H,6H2,1-4H3. The molecule has 0 unspecified atom stereocenters. The van der Waals surface area contributed by atoms with Gasteiger partial charge in [0.1, 0.15) is 0 Å². The van der Waals surface area contributed by atoms with Crippen molar-refractivity contribution in [1.29, 1.82) is 0 Å². The van der Waals surface area contributed by atoms with Crippen LogP contribution in [0.5, 0.6) is 0 Å².